The fraction of sp³-hybridized carbons (Fsp3) is 0.600. The van der Waals surface area contributed by atoms with Crippen molar-refractivity contribution in [2.75, 3.05) is 6.54 Å². The minimum Gasteiger partial charge on any atom is -0.385 e. The predicted octanol–water partition coefficient (Wildman–Crippen LogP) is 2.76. The lowest BCUT2D eigenvalue weighted by Crippen LogP contribution is -2.48. The quantitative estimate of drug-likeness (QED) is 0.825. The number of rotatable bonds is 2. The Balaban J connectivity index is 2.56. The molecule has 2 heteroatoms. The van der Waals surface area contributed by atoms with Gasteiger partial charge in [0.2, 0.25) is 0 Å². The third-order valence-corrected chi connectivity index (χ3v) is 4.51. The highest BCUT2D eigenvalue weighted by Crippen LogP contribution is 2.49. The lowest BCUT2D eigenvalue weighted by atomic mass is 9.62. The lowest BCUT2D eigenvalue weighted by molar-refractivity contribution is -0.0840. The average molecular weight is 233 g/mol. The zero-order chi connectivity index (χ0) is 12.7. The van der Waals surface area contributed by atoms with Crippen LogP contribution >= 0.6 is 0 Å². The number of fused-ring (bicyclic) bond motifs is 1. The Hall–Kier alpha value is -0.860. The molecule has 2 unspecified atom stereocenters. The Morgan fingerprint density at radius 2 is 2.06 bits per heavy atom. The molecule has 2 nitrogen and oxygen atoms in total. The molecule has 1 aromatic carbocycles. The van der Waals surface area contributed by atoms with Gasteiger partial charge in [-0.1, -0.05) is 45.0 Å². The van der Waals surface area contributed by atoms with Gasteiger partial charge in [0.1, 0.15) is 0 Å². The smallest absolute Gasteiger partial charge is 0.0962 e. The number of hydrogen-bond acceptors (Lipinski definition) is 2. The molecule has 0 heterocycles. The van der Waals surface area contributed by atoms with E-state index in [1.54, 1.807) is 0 Å². The van der Waals surface area contributed by atoms with E-state index in [2.05, 4.69) is 39.0 Å². The highest BCUT2D eigenvalue weighted by atomic mass is 16.3. The molecular formula is C15H23NO. The molecule has 0 radical (unpaired) electrons. The molecule has 3 N–H and O–H groups in total. The van der Waals surface area contributed by atoms with Crippen molar-refractivity contribution < 1.29 is 5.11 Å². The number of hydrogen-bond donors (Lipinski definition) is 2. The van der Waals surface area contributed by atoms with Crippen molar-refractivity contribution in [3.05, 3.63) is 35.4 Å². The summed E-state index contributed by atoms with van der Waals surface area (Å²) in [7, 11) is 0. The fourth-order valence-corrected chi connectivity index (χ4v) is 2.89. The van der Waals surface area contributed by atoms with Crippen LogP contribution in [0, 0.1) is 5.41 Å². The molecule has 1 aliphatic rings. The van der Waals surface area contributed by atoms with Gasteiger partial charge in [0, 0.05) is 12.0 Å². The van der Waals surface area contributed by atoms with Gasteiger partial charge in [0.05, 0.1) is 5.60 Å². The van der Waals surface area contributed by atoms with E-state index >= 15 is 0 Å². The van der Waals surface area contributed by atoms with Crippen LogP contribution in [0.25, 0.3) is 0 Å². The van der Waals surface area contributed by atoms with Gasteiger partial charge >= 0.3 is 0 Å². The largest absolute Gasteiger partial charge is 0.385 e. The van der Waals surface area contributed by atoms with Crippen LogP contribution < -0.4 is 5.73 Å². The van der Waals surface area contributed by atoms with Gasteiger partial charge in [-0.2, -0.15) is 0 Å². The van der Waals surface area contributed by atoms with Crippen LogP contribution in [0.15, 0.2) is 24.3 Å². The number of aliphatic hydroxyl groups is 1. The van der Waals surface area contributed by atoms with Crippen LogP contribution in [0.3, 0.4) is 0 Å². The van der Waals surface area contributed by atoms with E-state index in [-0.39, 0.29) is 5.41 Å². The average Bonchev–Trinajstić information content (AvgIpc) is 2.34. The maximum Gasteiger partial charge on any atom is 0.0962 e. The maximum absolute atomic E-state index is 11.1. The van der Waals surface area contributed by atoms with Crippen molar-refractivity contribution in [3.63, 3.8) is 0 Å². The second kappa shape index (κ2) is 4.11. The first-order valence-electron chi connectivity index (χ1n) is 6.44. The molecule has 2 atom stereocenters. The minimum absolute atomic E-state index is 0.288. The molecule has 2 rings (SSSR count). The standard InChI is InChI=1S/C15H23NO/c1-11-8-9-15(17,14(2,3)10-16)13-7-5-4-6-12(11)13/h4-7,11,17H,8-10,16H2,1-3H3. The van der Waals surface area contributed by atoms with Crippen molar-refractivity contribution in [2.24, 2.45) is 11.1 Å². The molecule has 0 saturated carbocycles. The molecule has 94 valence electrons. The summed E-state index contributed by atoms with van der Waals surface area (Å²) in [5.41, 5.74) is 7.14. The first-order valence-corrected chi connectivity index (χ1v) is 6.44. The molecule has 0 bridgehead atoms. The van der Waals surface area contributed by atoms with Crippen molar-refractivity contribution in [3.8, 4) is 0 Å². The summed E-state index contributed by atoms with van der Waals surface area (Å²) < 4.78 is 0. The molecule has 0 spiro atoms. The highest BCUT2D eigenvalue weighted by Gasteiger charge is 2.47. The van der Waals surface area contributed by atoms with E-state index in [1.807, 2.05) is 6.07 Å². The van der Waals surface area contributed by atoms with E-state index < -0.39 is 5.60 Å². The zero-order valence-electron chi connectivity index (χ0n) is 11.0. The molecule has 0 amide bonds. The Kier molecular flexibility index (Phi) is 3.04. The summed E-state index contributed by atoms with van der Waals surface area (Å²) in [6.07, 6.45) is 1.83. The summed E-state index contributed by atoms with van der Waals surface area (Å²) in [6, 6.07) is 8.25. The monoisotopic (exact) mass is 233 g/mol. The molecule has 0 fully saturated rings. The highest BCUT2D eigenvalue weighted by molar-refractivity contribution is 5.38. The molecule has 0 aromatic heterocycles. The van der Waals surface area contributed by atoms with Crippen LogP contribution in [0.2, 0.25) is 0 Å². The Labute approximate surface area is 104 Å². The number of benzene rings is 1. The van der Waals surface area contributed by atoms with E-state index in [1.165, 1.54) is 5.56 Å². The third kappa shape index (κ3) is 1.80. The zero-order valence-corrected chi connectivity index (χ0v) is 11.0. The SMILES string of the molecule is CC1CCC(O)(C(C)(C)CN)c2ccccc21. The van der Waals surface area contributed by atoms with Crippen LogP contribution in [-0.2, 0) is 5.60 Å². The second-order valence-electron chi connectivity index (χ2n) is 5.98. The topological polar surface area (TPSA) is 46.2 Å². The minimum atomic E-state index is -0.787. The van der Waals surface area contributed by atoms with Gasteiger partial charge in [-0.15, -0.1) is 0 Å². The summed E-state index contributed by atoms with van der Waals surface area (Å²) in [4.78, 5) is 0. The van der Waals surface area contributed by atoms with Crippen LogP contribution in [0.5, 0.6) is 0 Å². The molecule has 1 aliphatic carbocycles. The van der Waals surface area contributed by atoms with Gasteiger partial charge in [-0.3, -0.25) is 0 Å². The van der Waals surface area contributed by atoms with Crippen LogP contribution in [-0.4, -0.2) is 11.7 Å². The molecule has 17 heavy (non-hydrogen) atoms. The first kappa shape index (κ1) is 12.6. The summed E-state index contributed by atoms with van der Waals surface area (Å²) >= 11 is 0. The van der Waals surface area contributed by atoms with Crippen LogP contribution in [0.4, 0.5) is 0 Å². The van der Waals surface area contributed by atoms with E-state index in [0.29, 0.717) is 12.5 Å². The van der Waals surface area contributed by atoms with Gasteiger partial charge in [-0.05, 0) is 29.9 Å². The summed E-state index contributed by atoms with van der Waals surface area (Å²) in [6.45, 7) is 6.83. The fourth-order valence-electron chi connectivity index (χ4n) is 2.89. The van der Waals surface area contributed by atoms with E-state index in [9.17, 15) is 5.11 Å². The Morgan fingerprint density at radius 3 is 2.71 bits per heavy atom. The summed E-state index contributed by atoms with van der Waals surface area (Å²) in [5, 5.41) is 11.1. The lowest BCUT2D eigenvalue weighted by Gasteiger charge is -2.47. The summed E-state index contributed by atoms with van der Waals surface area (Å²) in [5.74, 6) is 0.528. The van der Waals surface area contributed by atoms with Gasteiger partial charge in [0.25, 0.3) is 0 Å². The molecule has 0 aliphatic heterocycles. The first-order chi connectivity index (χ1) is 7.92. The third-order valence-electron chi connectivity index (χ3n) is 4.51. The van der Waals surface area contributed by atoms with Crippen molar-refractivity contribution in [2.45, 2.75) is 45.1 Å². The molecule has 0 saturated heterocycles. The van der Waals surface area contributed by atoms with Crippen LogP contribution in [0.1, 0.15) is 50.7 Å². The van der Waals surface area contributed by atoms with Crippen molar-refractivity contribution in [1.29, 1.82) is 0 Å². The number of nitrogens with two attached hydrogens (primary N) is 1. The van der Waals surface area contributed by atoms with Gasteiger partial charge in [-0.25, -0.2) is 0 Å². The second-order valence-corrected chi connectivity index (χ2v) is 5.98. The molecular weight excluding hydrogens is 210 g/mol. The Morgan fingerprint density at radius 1 is 1.41 bits per heavy atom. The maximum atomic E-state index is 11.1. The Bertz CT molecular complexity index is 413. The van der Waals surface area contributed by atoms with Gasteiger partial charge in [0.15, 0.2) is 0 Å². The van der Waals surface area contributed by atoms with Gasteiger partial charge < -0.3 is 10.8 Å². The van der Waals surface area contributed by atoms with Crippen molar-refractivity contribution >= 4 is 0 Å². The predicted molar refractivity (Wildman–Crippen MR) is 70.8 cm³/mol. The van der Waals surface area contributed by atoms with E-state index in [0.717, 1.165) is 18.4 Å². The van der Waals surface area contributed by atoms with Crippen molar-refractivity contribution in [1.82, 2.24) is 0 Å². The molecule has 1 aromatic rings. The normalized spacial score (nSPS) is 28.9. The van der Waals surface area contributed by atoms with E-state index in [4.69, 9.17) is 5.73 Å².